The van der Waals surface area contributed by atoms with Crippen molar-refractivity contribution in [3.63, 3.8) is 0 Å². The van der Waals surface area contributed by atoms with Crippen molar-refractivity contribution in [2.75, 3.05) is 4.72 Å². The number of rotatable bonds is 2. The number of hydrogen-bond donors (Lipinski definition) is 2. The van der Waals surface area contributed by atoms with Crippen LogP contribution in [0.5, 0.6) is 0 Å². The first-order chi connectivity index (χ1) is 5.90. The fourth-order valence-electron chi connectivity index (χ4n) is 0.738. The topological polar surface area (TPSA) is 72.2 Å². The van der Waals surface area contributed by atoms with E-state index >= 15 is 0 Å². The number of nitrogens with one attached hydrogen (secondary N) is 1. The zero-order chi connectivity index (χ0) is 10.1. The van der Waals surface area contributed by atoms with Crippen molar-refractivity contribution in [3.8, 4) is 0 Å². The minimum Gasteiger partial charge on any atom is -0.268 e. The van der Waals surface area contributed by atoms with Crippen LogP contribution in [-0.2, 0) is 10.2 Å². The molecule has 0 radical (unpaired) electrons. The van der Waals surface area contributed by atoms with Crippen molar-refractivity contribution in [3.05, 3.63) is 28.2 Å². The summed E-state index contributed by atoms with van der Waals surface area (Å²) in [7, 11) is -3.84. The molecule has 13 heavy (non-hydrogen) atoms. The van der Waals surface area contributed by atoms with E-state index in [4.69, 9.17) is 28.3 Å². The lowest BCUT2D eigenvalue weighted by Crippen LogP contribution is -2.22. The molecule has 0 aliphatic carbocycles. The van der Waals surface area contributed by atoms with Crippen molar-refractivity contribution < 1.29 is 8.42 Å². The van der Waals surface area contributed by atoms with Crippen LogP contribution in [-0.4, -0.2) is 8.42 Å². The van der Waals surface area contributed by atoms with Crippen molar-refractivity contribution in [2.24, 2.45) is 5.14 Å². The first-order valence-corrected chi connectivity index (χ1v) is 5.45. The second kappa shape index (κ2) is 3.71. The molecular formula is C6H6Cl2N2O2S. The fourth-order valence-corrected chi connectivity index (χ4v) is 1.85. The van der Waals surface area contributed by atoms with E-state index in [1.807, 2.05) is 4.72 Å². The van der Waals surface area contributed by atoms with E-state index in [2.05, 4.69) is 0 Å². The minimum atomic E-state index is -3.84. The molecule has 4 nitrogen and oxygen atoms in total. The van der Waals surface area contributed by atoms with E-state index in [1.165, 1.54) is 12.1 Å². The quantitative estimate of drug-likeness (QED) is 0.825. The molecule has 0 amide bonds. The molecule has 1 aromatic carbocycles. The van der Waals surface area contributed by atoms with Crippen LogP contribution in [0.1, 0.15) is 0 Å². The number of anilines is 1. The molecule has 0 spiro atoms. The molecule has 72 valence electrons. The highest BCUT2D eigenvalue weighted by atomic mass is 35.5. The Labute approximate surface area is 85.8 Å². The highest BCUT2D eigenvalue weighted by molar-refractivity contribution is 7.90. The van der Waals surface area contributed by atoms with Gasteiger partial charge in [-0.3, -0.25) is 4.72 Å². The molecule has 0 atom stereocenters. The molecular weight excluding hydrogens is 235 g/mol. The van der Waals surface area contributed by atoms with Gasteiger partial charge < -0.3 is 0 Å². The van der Waals surface area contributed by atoms with Gasteiger partial charge in [0.05, 0.1) is 15.7 Å². The highest BCUT2D eigenvalue weighted by Gasteiger charge is 2.09. The van der Waals surface area contributed by atoms with Gasteiger partial charge in [0.25, 0.3) is 10.2 Å². The molecule has 3 N–H and O–H groups in total. The van der Waals surface area contributed by atoms with Crippen LogP contribution < -0.4 is 9.86 Å². The predicted octanol–water partition coefficient (Wildman–Crippen LogP) is 1.61. The molecule has 0 aliphatic heterocycles. The third kappa shape index (κ3) is 3.04. The predicted molar refractivity (Wildman–Crippen MR) is 53.2 cm³/mol. The Morgan fingerprint density at radius 2 is 1.69 bits per heavy atom. The fraction of sp³-hybridized carbons (Fsp3) is 0. The van der Waals surface area contributed by atoms with Gasteiger partial charge in [-0.2, -0.15) is 8.42 Å². The maximum Gasteiger partial charge on any atom is 0.296 e. The van der Waals surface area contributed by atoms with E-state index < -0.39 is 10.2 Å². The van der Waals surface area contributed by atoms with E-state index in [9.17, 15) is 8.42 Å². The Balaban J connectivity index is 3.15. The van der Waals surface area contributed by atoms with Crippen molar-refractivity contribution in [1.29, 1.82) is 0 Å². The largest absolute Gasteiger partial charge is 0.296 e. The van der Waals surface area contributed by atoms with Gasteiger partial charge in [0.2, 0.25) is 0 Å². The standard InChI is InChI=1S/C6H6Cl2N2O2S/c7-4-2-1-3-5(8)6(4)10-13(9,11)12/h1-3,10H,(H2,9,11,12). The Morgan fingerprint density at radius 1 is 1.23 bits per heavy atom. The van der Waals surface area contributed by atoms with Crippen LogP contribution in [0.25, 0.3) is 0 Å². The number of hydrogen-bond acceptors (Lipinski definition) is 2. The molecule has 1 rings (SSSR count). The van der Waals surface area contributed by atoms with Crippen LogP contribution in [0.3, 0.4) is 0 Å². The molecule has 0 aromatic heterocycles. The Hall–Kier alpha value is -0.490. The SMILES string of the molecule is NS(=O)(=O)Nc1c(Cl)cccc1Cl. The van der Waals surface area contributed by atoms with Gasteiger partial charge in [0, 0.05) is 0 Å². The lowest BCUT2D eigenvalue weighted by Gasteiger charge is -2.06. The smallest absolute Gasteiger partial charge is 0.268 e. The zero-order valence-electron chi connectivity index (χ0n) is 6.29. The monoisotopic (exact) mass is 240 g/mol. The summed E-state index contributed by atoms with van der Waals surface area (Å²) >= 11 is 11.3. The lowest BCUT2D eigenvalue weighted by atomic mass is 10.3. The number of nitrogens with two attached hydrogens (primary N) is 1. The number of halogens is 2. The summed E-state index contributed by atoms with van der Waals surface area (Å²) in [6, 6.07) is 4.60. The van der Waals surface area contributed by atoms with Crippen molar-refractivity contribution in [2.45, 2.75) is 0 Å². The van der Waals surface area contributed by atoms with Crippen LogP contribution >= 0.6 is 23.2 Å². The third-order valence-electron chi connectivity index (χ3n) is 1.21. The average molecular weight is 241 g/mol. The van der Waals surface area contributed by atoms with Crippen LogP contribution in [0.15, 0.2) is 18.2 Å². The van der Waals surface area contributed by atoms with Crippen molar-refractivity contribution >= 4 is 39.1 Å². The lowest BCUT2D eigenvalue weighted by molar-refractivity contribution is 0.603. The van der Waals surface area contributed by atoms with Crippen molar-refractivity contribution in [1.82, 2.24) is 0 Å². The van der Waals surface area contributed by atoms with Crippen LogP contribution in [0.4, 0.5) is 5.69 Å². The molecule has 0 fully saturated rings. The average Bonchev–Trinajstić information content (AvgIpc) is 1.95. The normalized spacial score (nSPS) is 11.3. The van der Waals surface area contributed by atoms with E-state index in [0.717, 1.165) is 0 Å². The summed E-state index contributed by atoms with van der Waals surface area (Å²) in [5.74, 6) is 0. The first-order valence-electron chi connectivity index (χ1n) is 3.15. The molecule has 0 saturated carbocycles. The van der Waals surface area contributed by atoms with Gasteiger partial charge in [-0.05, 0) is 12.1 Å². The third-order valence-corrected chi connectivity index (χ3v) is 2.33. The van der Waals surface area contributed by atoms with E-state index in [-0.39, 0.29) is 15.7 Å². The van der Waals surface area contributed by atoms with E-state index in [0.29, 0.717) is 0 Å². The first kappa shape index (κ1) is 10.6. The van der Waals surface area contributed by atoms with E-state index in [1.54, 1.807) is 6.07 Å². The highest BCUT2D eigenvalue weighted by Crippen LogP contribution is 2.29. The Morgan fingerprint density at radius 3 is 2.08 bits per heavy atom. The summed E-state index contributed by atoms with van der Waals surface area (Å²) in [6.45, 7) is 0. The molecule has 0 bridgehead atoms. The van der Waals surface area contributed by atoms with Gasteiger partial charge in [0.15, 0.2) is 0 Å². The molecule has 0 aliphatic rings. The molecule has 0 saturated heterocycles. The van der Waals surface area contributed by atoms with Gasteiger partial charge >= 0.3 is 0 Å². The summed E-state index contributed by atoms with van der Waals surface area (Å²) in [5.41, 5.74) is 0.0910. The molecule has 7 heteroatoms. The van der Waals surface area contributed by atoms with Crippen LogP contribution in [0, 0.1) is 0 Å². The summed E-state index contributed by atoms with van der Waals surface area (Å²) in [5, 5.41) is 5.14. The maximum absolute atomic E-state index is 10.7. The second-order valence-electron chi connectivity index (χ2n) is 2.24. The maximum atomic E-state index is 10.7. The van der Waals surface area contributed by atoms with Gasteiger partial charge in [-0.1, -0.05) is 29.3 Å². The van der Waals surface area contributed by atoms with Gasteiger partial charge in [-0.25, -0.2) is 5.14 Å². The summed E-state index contributed by atoms with van der Waals surface area (Å²) in [4.78, 5) is 0. The molecule has 0 unspecified atom stereocenters. The zero-order valence-corrected chi connectivity index (χ0v) is 8.62. The Kier molecular flexibility index (Phi) is 3.02. The van der Waals surface area contributed by atoms with Gasteiger partial charge in [0.1, 0.15) is 0 Å². The van der Waals surface area contributed by atoms with Crippen LogP contribution in [0.2, 0.25) is 10.0 Å². The number of benzene rings is 1. The number of para-hydroxylation sites is 1. The molecule has 1 aromatic rings. The Bertz CT molecular complexity index is 398. The summed E-state index contributed by atoms with van der Waals surface area (Å²) < 4.78 is 23.3. The molecule has 0 heterocycles. The second-order valence-corrected chi connectivity index (χ2v) is 4.35. The van der Waals surface area contributed by atoms with Gasteiger partial charge in [-0.15, -0.1) is 0 Å². The minimum absolute atomic E-state index is 0.0910. The summed E-state index contributed by atoms with van der Waals surface area (Å²) in [6.07, 6.45) is 0.